The van der Waals surface area contributed by atoms with Crippen molar-refractivity contribution in [3.05, 3.63) is 41.3 Å². The molecule has 1 atom stereocenters. The molecular weight excluding hydrogens is 382 g/mol. The molecule has 1 amide bonds. The number of hydrogen-bond donors (Lipinski definition) is 1. The molecule has 0 aliphatic carbocycles. The zero-order valence-corrected chi connectivity index (χ0v) is 15.2. The number of nitrogens with one attached hydrogen (secondary N) is 1. The molecule has 8 nitrogen and oxygen atoms in total. The molecule has 138 valence electrons. The molecule has 1 fully saturated rings. The number of halogens is 1. The molecular formula is C16H16ClN3O5S. The Morgan fingerprint density at radius 1 is 1.42 bits per heavy atom. The van der Waals surface area contributed by atoms with Crippen molar-refractivity contribution in [3.8, 4) is 0 Å². The number of carbonyl (C=O) groups excluding carboxylic acids is 2. The lowest BCUT2D eigenvalue weighted by atomic mass is 10.2. The van der Waals surface area contributed by atoms with E-state index in [9.17, 15) is 18.0 Å². The minimum absolute atomic E-state index is 0.0561. The summed E-state index contributed by atoms with van der Waals surface area (Å²) < 4.78 is 29.3. The van der Waals surface area contributed by atoms with Crippen molar-refractivity contribution in [1.82, 2.24) is 14.7 Å². The molecule has 0 aromatic carbocycles. The Kier molecular flexibility index (Phi) is 5.28. The topological polar surface area (TPSA) is 107 Å². The number of fused-ring (bicyclic) bond motifs is 1. The fraction of sp³-hybridized carbons (Fsp3) is 0.312. The normalized spacial score (nSPS) is 19.0. The summed E-state index contributed by atoms with van der Waals surface area (Å²) in [5.41, 5.74) is 1.15. The van der Waals surface area contributed by atoms with Gasteiger partial charge in [0.1, 0.15) is 5.65 Å². The van der Waals surface area contributed by atoms with Crippen molar-refractivity contribution in [1.29, 1.82) is 0 Å². The molecule has 3 rings (SSSR count). The maximum absolute atomic E-state index is 11.8. The van der Waals surface area contributed by atoms with E-state index >= 15 is 0 Å². The van der Waals surface area contributed by atoms with Gasteiger partial charge in [0.15, 0.2) is 21.6 Å². The van der Waals surface area contributed by atoms with E-state index < -0.39 is 34.4 Å². The van der Waals surface area contributed by atoms with Crippen molar-refractivity contribution in [2.24, 2.45) is 0 Å². The van der Waals surface area contributed by atoms with Crippen LogP contribution in [0.2, 0.25) is 5.15 Å². The summed E-state index contributed by atoms with van der Waals surface area (Å²) in [6, 6.07) is 4.96. The van der Waals surface area contributed by atoms with Crippen molar-refractivity contribution in [2.75, 3.05) is 18.1 Å². The highest BCUT2D eigenvalue weighted by Gasteiger charge is 2.28. The number of sulfone groups is 1. The highest BCUT2D eigenvalue weighted by atomic mass is 35.5. The molecule has 0 bridgehead atoms. The maximum atomic E-state index is 11.8. The number of aromatic nitrogens is 2. The monoisotopic (exact) mass is 397 g/mol. The molecule has 1 aliphatic heterocycles. The van der Waals surface area contributed by atoms with E-state index in [0.717, 1.165) is 6.08 Å². The maximum Gasteiger partial charge on any atom is 0.331 e. The van der Waals surface area contributed by atoms with Gasteiger partial charge in [-0.25, -0.2) is 18.2 Å². The number of esters is 1. The second-order valence-electron chi connectivity index (χ2n) is 5.83. The highest BCUT2D eigenvalue weighted by Crippen LogP contribution is 2.18. The van der Waals surface area contributed by atoms with Crippen LogP contribution in [0.5, 0.6) is 0 Å². The van der Waals surface area contributed by atoms with Gasteiger partial charge in [0.25, 0.3) is 5.91 Å². The first-order chi connectivity index (χ1) is 12.3. The minimum Gasteiger partial charge on any atom is -0.452 e. The lowest BCUT2D eigenvalue weighted by Crippen LogP contribution is -2.38. The van der Waals surface area contributed by atoms with E-state index in [2.05, 4.69) is 10.3 Å². The van der Waals surface area contributed by atoms with Gasteiger partial charge in [0.2, 0.25) is 0 Å². The van der Waals surface area contributed by atoms with Crippen LogP contribution < -0.4 is 5.32 Å². The van der Waals surface area contributed by atoms with Crippen LogP contribution in [0, 0.1) is 0 Å². The van der Waals surface area contributed by atoms with Gasteiger partial charge in [-0.3, -0.25) is 9.20 Å². The fourth-order valence-corrected chi connectivity index (χ4v) is 4.56. The second kappa shape index (κ2) is 7.46. The predicted molar refractivity (Wildman–Crippen MR) is 95.4 cm³/mol. The van der Waals surface area contributed by atoms with Gasteiger partial charge in [0.05, 0.1) is 17.2 Å². The third-order valence-electron chi connectivity index (χ3n) is 3.84. The Balaban J connectivity index is 1.53. The second-order valence-corrected chi connectivity index (χ2v) is 8.41. The number of amides is 1. The summed E-state index contributed by atoms with van der Waals surface area (Å²) in [5.74, 6) is -1.29. The summed E-state index contributed by atoms with van der Waals surface area (Å²) in [7, 11) is -3.08. The van der Waals surface area contributed by atoms with E-state index in [0.29, 0.717) is 17.8 Å². The SMILES string of the molecule is O=C(COC(=O)/C=C/c1c(Cl)nc2ccccn12)N[C@@H]1CCS(=O)(=O)C1. The van der Waals surface area contributed by atoms with Crippen molar-refractivity contribution in [2.45, 2.75) is 12.5 Å². The Hall–Kier alpha value is -2.39. The van der Waals surface area contributed by atoms with E-state index in [1.165, 1.54) is 6.08 Å². The third kappa shape index (κ3) is 4.41. The van der Waals surface area contributed by atoms with E-state index in [4.69, 9.17) is 16.3 Å². The summed E-state index contributed by atoms with van der Waals surface area (Å²) in [6.45, 7) is -0.486. The minimum atomic E-state index is -3.08. The standard InChI is InChI=1S/C16H16ClN3O5S/c17-16-12(20-7-2-1-3-13(20)19-16)4-5-15(22)25-9-14(21)18-11-6-8-26(23,24)10-11/h1-5,7,11H,6,8-10H2,(H,18,21)/b5-4+/t11-/m1/s1. The number of hydrogen-bond acceptors (Lipinski definition) is 6. The lowest BCUT2D eigenvalue weighted by molar-refractivity contribution is -0.143. The van der Waals surface area contributed by atoms with Crippen LogP contribution >= 0.6 is 11.6 Å². The van der Waals surface area contributed by atoms with Crippen LogP contribution in [-0.2, 0) is 24.2 Å². The molecule has 1 aliphatic rings. The van der Waals surface area contributed by atoms with Gasteiger partial charge in [-0.05, 0) is 24.6 Å². The first-order valence-corrected chi connectivity index (χ1v) is 10.0. The van der Waals surface area contributed by atoms with E-state index in [1.807, 2.05) is 6.07 Å². The first-order valence-electron chi connectivity index (χ1n) is 7.81. The zero-order valence-electron chi connectivity index (χ0n) is 13.6. The van der Waals surface area contributed by atoms with Crippen LogP contribution in [0.3, 0.4) is 0 Å². The van der Waals surface area contributed by atoms with Gasteiger partial charge in [-0.2, -0.15) is 0 Å². The molecule has 26 heavy (non-hydrogen) atoms. The van der Waals surface area contributed by atoms with Crippen LogP contribution in [0.15, 0.2) is 30.5 Å². The van der Waals surface area contributed by atoms with Gasteiger partial charge < -0.3 is 10.1 Å². The van der Waals surface area contributed by atoms with Gasteiger partial charge in [-0.15, -0.1) is 0 Å². The molecule has 10 heteroatoms. The van der Waals surface area contributed by atoms with Crippen molar-refractivity contribution < 1.29 is 22.7 Å². The average Bonchev–Trinajstić information content (AvgIpc) is 3.09. The number of carbonyl (C=O) groups is 2. The molecule has 0 spiro atoms. The number of imidazole rings is 1. The number of ether oxygens (including phenoxy) is 1. The highest BCUT2D eigenvalue weighted by molar-refractivity contribution is 7.91. The molecule has 1 saturated heterocycles. The summed E-state index contributed by atoms with van der Waals surface area (Å²) in [6.07, 6.45) is 4.72. The van der Waals surface area contributed by atoms with Crippen LogP contribution in [0.25, 0.3) is 11.7 Å². The van der Waals surface area contributed by atoms with E-state index in [-0.39, 0.29) is 16.7 Å². The Morgan fingerprint density at radius 3 is 2.96 bits per heavy atom. The summed E-state index contributed by atoms with van der Waals surface area (Å²) in [5, 5.41) is 2.77. The van der Waals surface area contributed by atoms with Crippen molar-refractivity contribution >= 4 is 45.0 Å². The fourth-order valence-electron chi connectivity index (χ4n) is 2.65. The lowest BCUT2D eigenvalue weighted by Gasteiger charge is -2.10. The first kappa shape index (κ1) is 18.4. The molecule has 0 unspecified atom stereocenters. The number of rotatable bonds is 5. The van der Waals surface area contributed by atoms with Crippen molar-refractivity contribution in [3.63, 3.8) is 0 Å². The zero-order chi connectivity index (χ0) is 18.7. The summed E-state index contributed by atoms with van der Waals surface area (Å²) in [4.78, 5) is 27.7. The Morgan fingerprint density at radius 2 is 2.23 bits per heavy atom. The third-order valence-corrected chi connectivity index (χ3v) is 5.89. The van der Waals surface area contributed by atoms with Crippen LogP contribution in [0.4, 0.5) is 0 Å². The van der Waals surface area contributed by atoms with Crippen LogP contribution in [0.1, 0.15) is 12.1 Å². The Bertz CT molecular complexity index is 983. The quantitative estimate of drug-likeness (QED) is 0.592. The largest absolute Gasteiger partial charge is 0.452 e. The molecule has 3 heterocycles. The smallest absolute Gasteiger partial charge is 0.331 e. The summed E-state index contributed by atoms with van der Waals surface area (Å²) >= 11 is 6.05. The van der Waals surface area contributed by atoms with Gasteiger partial charge in [-0.1, -0.05) is 17.7 Å². The predicted octanol–water partition coefficient (Wildman–Crippen LogP) is 0.847. The molecule has 2 aromatic rings. The van der Waals surface area contributed by atoms with Gasteiger partial charge >= 0.3 is 5.97 Å². The molecule has 0 saturated carbocycles. The number of nitrogens with zero attached hydrogens (tertiary/aromatic N) is 2. The average molecular weight is 398 g/mol. The molecule has 1 N–H and O–H groups in total. The van der Waals surface area contributed by atoms with E-state index in [1.54, 1.807) is 22.7 Å². The number of pyridine rings is 1. The molecule has 2 aromatic heterocycles. The Labute approximate surface area is 154 Å². The van der Waals surface area contributed by atoms with Crippen LogP contribution in [-0.4, -0.2) is 53.8 Å². The molecule has 0 radical (unpaired) electrons. The van der Waals surface area contributed by atoms with Gasteiger partial charge in [0, 0.05) is 18.3 Å².